The van der Waals surface area contributed by atoms with Crippen LogP contribution in [0.1, 0.15) is 43.6 Å². The Morgan fingerprint density at radius 1 is 1.09 bits per heavy atom. The number of amides is 1. The first-order chi connectivity index (χ1) is 15.8. The number of carbonyl (C=O) groups is 2. The van der Waals surface area contributed by atoms with Crippen molar-refractivity contribution in [3.63, 3.8) is 0 Å². The number of Topliss-reactive ketones (excluding diaryl/α,β-unsaturated/α-hetero) is 1. The molecule has 0 unspecified atom stereocenters. The van der Waals surface area contributed by atoms with E-state index < -0.39 is 0 Å². The quantitative estimate of drug-likeness (QED) is 0.372. The number of hydrogen-bond acceptors (Lipinski definition) is 6. The molecule has 33 heavy (non-hydrogen) atoms. The number of anilines is 1. The number of aromatic nitrogens is 1. The maximum Gasteiger partial charge on any atom is 0.267 e. The Morgan fingerprint density at radius 3 is 2.58 bits per heavy atom. The Labute approximate surface area is 197 Å². The van der Waals surface area contributed by atoms with Crippen molar-refractivity contribution >= 4 is 49.8 Å². The van der Waals surface area contributed by atoms with E-state index in [9.17, 15) is 9.59 Å². The van der Waals surface area contributed by atoms with Crippen molar-refractivity contribution in [3.05, 3.63) is 69.6 Å². The van der Waals surface area contributed by atoms with Crippen molar-refractivity contribution in [3.8, 4) is 0 Å². The molecule has 1 N–H and O–H groups in total. The second-order valence-corrected chi connectivity index (χ2v) is 9.41. The van der Waals surface area contributed by atoms with Crippen LogP contribution in [-0.2, 0) is 17.9 Å². The van der Waals surface area contributed by atoms with Gasteiger partial charge in [-0.2, -0.15) is 0 Å². The molecule has 1 amide bonds. The van der Waals surface area contributed by atoms with Gasteiger partial charge in [-0.25, -0.2) is 4.98 Å². The standard InChI is InChI=1S/C26H27N3O3S/c1-15-23-18(14-32-5)9-10-19(16(2)30)25(23)33-24(15)26(31)28-22-12-11-20-17(13-29(3)4)7-6-8-21(20)27-22/h6-12H,13-14H2,1-5H3,(H,27,28,31). The van der Waals surface area contributed by atoms with Gasteiger partial charge in [0.15, 0.2) is 5.78 Å². The van der Waals surface area contributed by atoms with Gasteiger partial charge in [0.05, 0.1) is 17.0 Å². The molecule has 0 aliphatic carbocycles. The molecule has 2 aromatic carbocycles. The highest BCUT2D eigenvalue weighted by molar-refractivity contribution is 7.21. The number of fused-ring (bicyclic) bond motifs is 2. The molecule has 0 saturated carbocycles. The fourth-order valence-electron chi connectivity index (χ4n) is 4.14. The second kappa shape index (κ2) is 9.39. The minimum Gasteiger partial charge on any atom is -0.380 e. The van der Waals surface area contributed by atoms with Crippen LogP contribution in [0.15, 0.2) is 42.5 Å². The topological polar surface area (TPSA) is 71.5 Å². The number of nitrogens with zero attached hydrogens (tertiary/aromatic N) is 2. The van der Waals surface area contributed by atoms with Crippen molar-refractivity contribution < 1.29 is 14.3 Å². The number of aryl methyl sites for hydroxylation is 1. The van der Waals surface area contributed by atoms with Crippen molar-refractivity contribution in [2.45, 2.75) is 27.0 Å². The molecular weight excluding hydrogens is 434 g/mol. The number of ketones is 1. The zero-order chi connectivity index (χ0) is 23.7. The molecule has 0 bridgehead atoms. The largest absolute Gasteiger partial charge is 0.380 e. The summed E-state index contributed by atoms with van der Waals surface area (Å²) in [4.78, 5) is 32.8. The number of pyridine rings is 1. The summed E-state index contributed by atoms with van der Waals surface area (Å²) < 4.78 is 6.16. The van der Waals surface area contributed by atoms with Gasteiger partial charge in [-0.3, -0.25) is 9.59 Å². The minimum absolute atomic E-state index is 0.0260. The maximum absolute atomic E-state index is 13.2. The summed E-state index contributed by atoms with van der Waals surface area (Å²) in [6.07, 6.45) is 0. The first-order valence-corrected chi connectivity index (χ1v) is 11.5. The van der Waals surface area contributed by atoms with Crippen molar-refractivity contribution in [2.24, 2.45) is 0 Å². The van der Waals surface area contributed by atoms with Crippen LogP contribution in [0.3, 0.4) is 0 Å². The highest BCUT2D eigenvalue weighted by Crippen LogP contribution is 2.37. The zero-order valence-electron chi connectivity index (χ0n) is 19.5. The summed E-state index contributed by atoms with van der Waals surface area (Å²) in [6, 6.07) is 13.6. The van der Waals surface area contributed by atoms with E-state index in [1.165, 1.54) is 16.9 Å². The van der Waals surface area contributed by atoms with E-state index in [-0.39, 0.29) is 11.7 Å². The van der Waals surface area contributed by atoms with E-state index in [0.717, 1.165) is 38.7 Å². The van der Waals surface area contributed by atoms with Gasteiger partial charge in [-0.05, 0) is 68.9 Å². The molecule has 0 fully saturated rings. The Bertz CT molecular complexity index is 1370. The number of nitrogens with one attached hydrogen (secondary N) is 1. The molecule has 0 radical (unpaired) electrons. The molecule has 0 atom stereocenters. The third-order valence-electron chi connectivity index (χ3n) is 5.60. The Morgan fingerprint density at radius 2 is 1.88 bits per heavy atom. The van der Waals surface area contributed by atoms with Gasteiger partial charge in [0.2, 0.25) is 0 Å². The number of thiophene rings is 1. The summed E-state index contributed by atoms with van der Waals surface area (Å²) in [6.45, 7) is 4.68. The molecule has 0 aliphatic heterocycles. The lowest BCUT2D eigenvalue weighted by Gasteiger charge is -2.12. The molecule has 6 nitrogen and oxygen atoms in total. The Kier molecular flexibility index (Phi) is 6.56. The highest BCUT2D eigenvalue weighted by atomic mass is 32.1. The molecule has 0 aliphatic rings. The Hall–Kier alpha value is -3.13. The molecule has 4 aromatic rings. The number of rotatable bonds is 7. The summed E-state index contributed by atoms with van der Waals surface area (Å²) in [5.41, 5.74) is 4.45. The molecule has 4 rings (SSSR count). The van der Waals surface area contributed by atoms with E-state index in [4.69, 9.17) is 4.74 Å². The van der Waals surface area contributed by atoms with E-state index in [2.05, 4.69) is 21.3 Å². The first kappa shape index (κ1) is 23.0. The van der Waals surface area contributed by atoms with Crippen molar-refractivity contribution in [2.75, 3.05) is 26.5 Å². The average molecular weight is 462 g/mol. The van der Waals surface area contributed by atoms with Crippen LogP contribution >= 0.6 is 11.3 Å². The minimum atomic E-state index is -0.233. The summed E-state index contributed by atoms with van der Waals surface area (Å²) in [5, 5.41) is 4.93. The van der Waals surface area contributed by atoms with Crippen LogP contribution in [0.2, 0.25) is 0 Å². The second-order valence-electron chi connectivity index (χ2n) is 8.39. The molecule has 0 spiro atoms. The maximum atomic E-state index is 13.2. The third-order valence-corrected chi connectivity index (χ3v) is 6.92. The molecule has 0 saturated heterocycles. The predicted molar refractivity (Wildman–Crippen MR) is 134 cm³/mol. The molecule has 7 heteroatoms. The van der Waals surface area contributed by atoms with Gasteiger partial charge < -0.3 is 15.0 Å². The number of methoxy groups -OCH3 is 1. The van der Waals surface area contributed by atoms with Gasteiger partial charge in [0.25, 0.3) is 5.91 Å². The smallest absolute Gasteiger partial charge is 0.267 e. The fraction of sp³-hybridized carbons (Fsp3) is 0.269. The van der Waals surface area contributed by atoms with Gasteiger partial charge in [0.1, 0.15) is 5.82 Å². The molecule has 2 aromatic heterocycles. The van der Waals surface area contributed by atoms with E-state index in [1.807, 2.05) is 57.4 Å². The van der Waals surface area contributed by atoms with Crippen LogP contribution in [0.4, 0.5) is 5.82 Å². The van der Waals surface area contributed by atoms with Crippen LogP contribution in [0.25, 0.3) is 21.0 Å². The summed E-state index contributed by atoms with van der Waals surface area (Å²) >= 11 is 1.34. The lowest BCUT2D eigenvalue weighted by atomic mass is 10.0. The van der Waals surface area contributed by atoms with Gasteiger partial charge in [0, 0.05) is 34.7 Å². The van der Waals surface area contributed by atoms with Crippen molar-refractivity contribution in [1.82, 2.24) is 9.88 Å². The monoisotopic (exact) mass is 461 g/mol. The molecule has 170 valence electrons. The van der Waals surface area contributed by atoms with Crippen LogP contribution in [-0.4, -0.2) is 42.8 Å². The molecule has 2 heterocycles. The van der Waals surface area contributed by atoms with E-state index >= 15 is 0 Å². The number of benzene rings is 2. The average Bonchev–Trinajstić information content (AvgIpc) is 3.11. The lowest BCUT2D eigenvalue weighted by molar-refractivity contribution is 0.101. The summed E-state index contributed by atoms with van der Waals surface area (Å²) in [7, 11) is 5.70. The lowest BCUT2D eigenvalue weighted by Crippen LogP contribution is -2.13. The van der Waals surface area contributed by atoms with Crippen molar-refractivity contribution in [1.29, 1.82) is 0 Å². The number of carbonyl (C=O) groups excluding carboxylic acids is 2. The predicted octanol–water partition coefficient (Wildman–Crippen LogP) is 5.42. The zero-order valence-corrected chi connectivity index (χ0v) is 20.3. The number of hydrogen-bond donors (Lipinski definition) is 1. The molecular formula is C26H27N3O3S. The van der Waals surface area contributed by atoms with Gasteiger partial charge in [-0.15, -0.1) is 11.3 Å². The van der Waals surface area contributed by atoms with Crippen LogP contribution < -0.4 is 5.32 Å². The van der Waals surface area contributed by atoms with Gasteiger partial charge in [-0.1, -0.05) is 18.2 Å². The SMILES string of the molecule is COCc1ccc(C(C)=O)c2sc(C(=O)Nc3ccc4c(CN(C)C)cccc4n3)c(C)c12. The highest BCUT2D eigenvalue weighted by Gasteiger charge is 2.21. The van der Waals surface area contributed by atoms with Crippen LogP contribution in [0, 0.1) is 6.92 Å². The third kappa shape index (κ3) is 4.53. The van der Waals surface area contributed by atoms with Crippen LogP contribution in [0.5, 0.6) is 0 Å². The van der Waals surface area contributed by atoms with Gasteiger partial charge >= 0.3 is 0 Å². The Balaban J connectivity index is 1.71. The first-order valence-electron chi connectivity index (χ1n) is 10.7. The van der Waals surface area contributed by atoms with E-state index in [1.54, 1.807) is 14.0 Å². The summed E-state index contributed by atoms with van der Waals surface area (Å²) in [5.74, 6) is 0.236. The fourth-order valence-corrected chi connectivity index (χ4v) is 5.45. The normalized spacial score (nSPS) is 11.5. The number of ether oxygens (including phenoxy) is 1. The van der Waals surface area contributed by atoms with E-state index in [0.29, 0.717) is 22.9 Å².